The molecule has 0 saturated carbocycles. The number of ether oxygens (including phenoxy) is 2. The number of methoxy groups -OCH3 is 2. The number of amides is 1. The fraction of sp³-hybridized carbons (Fsp3) is 0.200. The Hall–Kier alpha value is -2.44. The summed E-state index contributed by atoms with van der Waals surface area (Å²) in [6.07, 6.45) is 1.80. The molecule has 27 heavy (non-hydrogen) atoms. The highest BCUT2D eigenvalue weighted by Crippen LogP contribution is 2.37. The van der Waals surface area contributed by atoms with Crippen molar-refractivity contribution in [2.24, 2.45) is 4.99 Å². The summed E-state index contributed by atoms with van der Waals surface area (Å²) in [6.45, 7) is 2.43. The van der Waals surface area contributed by atoms with Crippen molar-refractivity contribution < 1.29 is 14.3 Å². The van der Waals surface area contributed by atoms with Gasteiger partial charge in [-0.15, -0.1) is 0 Å². The average Bonchev–Trinajstić information content (AvgIpc) is 2.97. The van der Waals surface area contributed by atoms with Crippen LogP contribution < -0.4 is 9.47 Å². The largest absolute Gasteiger partial charge is 0.497 e. The Balaban J connectivity index is 2.00. The Bertz CT molecular complexity index is 927. The highest BCUT2D eigenvalue weighted by Gasteiger charge is 2.32. The van der Waals surface area contributed by atoms with Gasteiger partial charge in [-0.05, 0) is 55.1 Å². The Morgan fingerprint density at radius 2 is 1.96 bits per heavy atom. The Kier molecular flexibility index (Phi) is 6.08. The summed E-state index contributed by atoms with van der Waals surface area (Å²) in [5.41, 5.74) is 1.40. The number of rotatable bonds is 5. The van der Waals surface area contributed by atoms with Gasteiger partial charge in [-0.2, -0.15) is 0 Å². The van der Waals surface area contributed by atoms with Crippen molar-refractivity contribution in [3.8, 4) is 11.5 Å². The van der Waals surface area contributed by atoms with Crippen LogP contribution >= 0.6 is 23.4 Å². The highest BCUT2D eigenvalue weighted by molar-refractivity contribution is 8.18. The molecule has 0 unspecified atom stereocenters. The van der Waals surface area contributed by atoms with Gasteiger partial charge in [0.1, 0.15) is 11.5 Å². The number of thioether (sulfide) groups is 1. The van der Waals surface area contributed by atoms with Crippen LogP contribution in [0.3, 0.4) is 0 Å². The van der Waals surface area contributed by atoms with Gasteiger partial charge >= 0.3 is 0 Å². The first kappa shape index (κ1) is 19.3. The smallest absolute Gasteiger partial charge is 0.266 e. The molecule has 1 heterocycles. The minimum absolute atomic E-state index is 0.0989. The Morgan fingerprint density at radius 3 is 2.63 bits per heavy atom. The maximum atomic E-state index is 12.8. The van der Waals surface area contributed by atoms with Crippen LogP contribution in [0.25, 0.3) is 6.08 Å². The lowest BCUT2D eigenvalue weighted by atomic mass is 10.1. The van der Waals surface area contributed by atoms with Crippen molar-refractivity contribution in [2.75, 3.05) is 20.8 Å². The predicted octanol–water partition coefficient (Wildman–Crippen LogP) is 4.98. The monoisotopic (exact) mass is 402 g/mol. The molecule has 0 radical (unpaired) electrons. The van der Waals surface area contributed by atoms with Crippen LogP contribution in [-0.4, -0.2) is 36.7 Å². The fourth-order valence-corrected chi connectivity index (χ4v) is 3.83. The SMILES string of the molecule is CCN1C(=O)/C(=C\c2cc(OC)ccc2OC)SC1=Nc1ccccc1Cl. The molecular formula is C20H19ClN2O3S. The lowest BCUT2D eigenvalue weighted by Crippen LogP contribution is -2.28. The van der Waals surface area contributed by atoms with Crippen molar-refractivity contribution in [3.05, 3.63) is 58.0 Å². The normalized spacial score (nSPS) is 17.0. The van der Waals surface area contributed by atoms with Crippen molar-refractivity contribution in [1.29, 1.82) is 0 Å². The van der Waals surface area contributed by atoms with Gasteiger partial charge in [0, 0.05) is 12.1 Å². The number of likely N-dealkylation sites (N-methyl/N-ethyl adjacent to an activating group) is 1. The molecule has 1 saturated heterocycles. The van der Waals surface area contributed by atoms with Crippen LogP contribution in [0, 0.1) is 0 Å². The number of hydrogen-bond donors (Lipinski definition) is 0. The number of para-hydroxylation sites is 1. The van der Waals surface area contributed by atoms with Gasteiger partial charge in [0.25, 0.3) is 5.91 Å². The summed E-state index contributed by atoms with van der Waals surface area (Å²) >= 11 is 7.52. The molecular weight excluding hydrogens is 384 g/mol. The third-order valence-electron chi connectivity index (χ3n) is 4.00. The van der Waals surface area contributed by atoms with Crippen molar-refractivity contribution in [3.63, 3.8) is 0 Å². The molecule has 140 valence electrons. The maximum Gasteiger partial charge on any atom is 0.266 e. The molecule has 5 nitrogen and oxygen atoms in total. The van der Waals surface area contributed by atoms with E-state index < -0.39 is 0 Å². The van der Waals surface area contributed by atoms with E-state index in [1.54, 1.807) is 31.3 Å². The number of carbonyl (C=O) groups is 1. The predicted molar refractivity (Wildman–Crippen MR) is 111 cm³/mol. The Morgan fingerprint density at radius 1 is 1.19 bits per heavy atom. The van der Waals surface area contributed by atoms with Gasteiger partial charge in [-0.25, -0.2) is 4.99 Å². The van der Waals surface area contributed by atoms with E-state index in [9.17, 15) is 4.79 Å². The van der Waals surface area contributed by atoms with Crippen LogP contribution in [0.1, 0.15) is 12.5 Å². The summed E-state index contributed by atoms with van der Waals surface area (Å²) in [7, 11) is 3.19. The highest BCUT2D eigenvalue weighted by atomic mass is 35.5. The van der Waals surface area contributed by atoms with E-state index >= 15 is 0 Å². The van der Waals surface area contributed by atoms with E-state index in [4.69, 9.17) is 21.1 Å². The summed E-state index contributed by atoms with van der Waals surface area (Å²) in [6, 6.07) is 12.8. The Labute approximate surface area is 167 Å². The first-order valence-electron chi connectivity index (χ1n) is 8.34. The van der Waals surface area contributed by atoms with Gasteiger partial charge < -0.3 is 9.47 Å². The molecule has 0 atom stereocenters. The molecule has 1 amide bonds. The fourth-order valence-electron chi connectivity index (χ4n) is 2.61. The first-order chi connectivity index (χ1) is 13.1. The summed E-state index contributed by atoms with van der Waals surface area (Å²) in [4.78, 5) is 19.6. The van der Waals surface area contributed by atoms with E-state index in [0.717, 1.165) is 5.56 Å². The minimum Gasteiger partial charge on any atom is -0.497 e. The number of halogens is 1. The molecule has 0 N–H and O–H groups in total. The quantitative estimate of drug-likeness (QED) is 0.662. The van der Waals surface area contributed by atoms with Crippen LogP contribution in [0.4, 0.5) is 5.69 Å². The molecule has 0 aliphatic carbocycles. The zero-order valence-corrected chi connectivity index (χ0v) is 16.8. The van der Waals surface area contributed by atoms with E-state index in [-0.39, 0.29) is 5.91 Å². The minimum atomic E-state index is -0.0989. The van der Waals surface area contributed by atoms with E-state index in [0.29, 0.717) is 38.8 Å². The maximum absolute atomic E-state index is 12.8. The lowest BCUT2D eigenvalue weighted by molar-refractivity contribution is -0.122. The molecule has 1 fully saturated rings. The summed E-state index contributed by atoms with van der Waals surface area (Å²) in [5, 5.41) is 1.14. The number of nitrogens with zero attached hydrogens (tertiary/aromatic N) is 2. The zero-order valence-electron chi connectivity index (χ0n) is 15.2. The number of carbonyl (C=O) groups excluding carboxylic acids is 1. The van der Waals surface area contributed by atoms with Crippen LogP contribution in [0.2, 0.25) is 5.02 Å². The van der Waals surface area contributed by atoms with Crippen molar-refractivity contribution in [1.82, 2.24) is 4.90 Å². The van der Waals surface area contributed by atoms with Crippen molar-refractivity contribution in [2.45, 2.75) is 6.92 Å². The number of benzene rings is 2. The standard InChI is InChI=1S/C20H19ClN2O3S/c1-4-23-19(24)18(12-13-11-14(25-2)9-10-17(13)26-3)27-20(23)22-16-8-6-5-7-15(16)21/h5-12H,4H2,1-3H3/b18-12+,22-20?. The zero-order chi connectivity index (χ0) is 19.4. The van der Waals surface area contributed by atoms with Gasteiger partial charge in [-0.1, -0.05) is 23.7 Å². The number of aliphatic imine (C=N–C) groups is 1. The molecule has 0 aromatic heterocycles. The summed E-state index contributed by atoms with van der Waals surface area (Å²) in [5.74, 6) is 1.25. The molecule has 2 aromatic carbocycles. The third kappa shape index (κ3) is 4.12. The van der Waals surface area contributed by atoms with Crippen molar-refractivity contribution >= 4 is 46.2 Å². The molecule has 2 aromatic rings. The second kappa shape index (κ2) is 8.50. The third-order valence-corrected chi connectivity index (χ3v) is 5.32. The lowest BCUT2D eigenvalue weighted by Gasteiger charge is -2.12. The van der Waals surface area contributed by atoms with Crippen LogP contribution in [0.15, 0.2) is 52.4 Å². The second-order valence-corrected chi connectivity index (χ2v) is 7.03. The van der Waals surface area contributed by atoms with E-state index in [1.165, 1.54) is 11.8 Å². The van der Waals surface area contributed by atoms with Gasteiger partial charge in [0.05, 0.1) is 29.8 Å². The first-order valence-corrected chi connectivity index (χ1v) is 9.53. The van der Waals surface area contributed by atoms with E-state index in [2.05, 4.69) is 4.99 Å². The van der Waals surface area contributed by atoms with Crippen LogP contribution in [-0.2, 0) is 4.79 Å². The number of hydrogen-bond acceptors (Lipinski definition) is 5. The molecule has 1 aliphatic rings. The molecule has 0 bridgehead atoms. The topological polar surface area (TPSA) is 51.1 Å². The molecule has 0 spiro atoms. The average molecular weight is 403 g/mol. The van der Waals surface area contributed by atoms with Crippen LogP contribution in [0.5, 0.6) is 11.5 Å². The summed E-state index contributed by atoms with van der Waals surface area (Å²) < 4.78 is 10.7. The van der Waals surface area contributed by atoms with Gasteiger partial charge in [0.2, 0.25) is 0 Å². The molecule has 1 aliphatic heterocycles. The molecule has 3 rings (SSSR count). The van der Waals surface area contributed by atoms with Gasteiger partial charge in [-0.3, -0.25) is 9.69 Å². The van der Waals surface area contributed by atoms with E-state index in [1.807, 2.05) is 43.3 Å². The van der Waals surface area contributed by atoms with Gasteiger partial charge in [0.15, 0.2) is 5.17 Å². The second-order valence-electron chi connectivity index (χ2n) is 5.61. The number of amidine groups is 1. The molecule has 7 heteroatoms.